The first-order valence-corrected chi connectivity index (χ1v) is 16.2. The highest BCUT2D eigenvalue weighted by molar-refractivity contribution is 7.54. The molecule has 0 amide bonds. The van der Waals surface area contributed by atoms with Gasteiger partial charge in [-0.25, -0.2) is 9.59 Å². The van der Waals surface area contributed by atoms with Gasteiger partial charge in [0.05, 0.1) is 31.5 Å². The van der Waals surface area contributed by atoms with Gasteiger partial charge in [0.1, 0.15) is 0 Å². The Labute approximate surface area is 248 Å². The van der Waals surface area contributed by atoms with Crippen LogP contribution in [0.3, 0.4) is 0 Å². The maximum atomic E-state index is 13.7. The molecule has 2 saturated carbocycles. The van der Waals surface area contributed by atoms with Crippen molar-refractivity contribution in [2.75, 3.05) is 13.2 Å². The summed E-state index contributed by atoms with van der Waals surface area (Å²) in [6.07, 6.45) is 2.61. The van der Waals surface area contributed by atoms with E-state index in [0.29, 0.717) is 24.0 Å². The zero-order valence-corrected chi connectivity index (χ0v) is 26.3. The fourth-order valence-corrected chi connectivity index (χ4v) is 6.92. The SMILES string of the molecule is Cc1cn([C@H]2CC(O)[C@@H](COC(C)(C)P(=O)(O)OC3C[C@H](n4cc(C)c(=O)[nH]c4=O)C[C@@H]3COC(C)C)C2)c(=O)[nH]c1=O. The molecule has 43 heavy (non-hydrogen) atoms. The van der Waals surface area contributed by atoms with Crippen LogP contribution in [0.2, 0.25) is 0 Å². The molecular weight excluding hydrogens is 583 g/mol. The Hall–Kier alpha value is -2.61. The minimum absolute atomic E-state index is 0.0606. The minimum atomic E-state index is -4.45. The standard InChI is InChI=1S/C28H43N4O10P/c1-15(2)40-13-19-8-21(32-12-17(4)25(35)30-27(32)37)10-23(19)42-43(38,39)28(5,6)41-14-18-7-20(9-22(18)33)31-11-16(3)24(34)29-26(31)36/h11-12,15,18-23,33H,7-10,13-14H2,1-6H3,(H,38,39)(H,29,34,36)(H,30,35,37)/t18-,19-,20-,21-,22?,23?/m1/s1. The van der Waals surface area contributed by atoms with E-state index in [-0.39, 0.29) is 50.2 Å². The van der Waals surface area contributed by atoms with E-state index in [1.165, 1.54) is 35.4 Å². The molecule has 2 aromatic rings. The lowest BCUT2D eigenvalue weighted by Crippen LogP contribution is -2.33. The molecule has 0 bridgehead atoms. The summed E-state index contributed by atoms with van der Waals surface area (Å²) in [5.74, 6) is -0.735. The van der Waals surface area contributed by atoms with Gasteiger partial charge in [-0.05, 0) is 67.2 Å². The molecule has 2 fully saturated rings. The highest BCUT2D eigenvalue weighted by Gasteiger charge is 2.48. The number of ether oxygens (including phenoxy) is 2. The molecule has 0 aliphatic heterocycles. The van der Waals surface area contributed by atoms with E-state index in [1.54, 1.807) is 13.8 Å². The first kappa shape index (κ1) is 33.3. The summed E-state index contributed by atoms with van der Waals surface area (Å²) < 4.78 is 34.2. The Morgan fingerprint density at radius 2 is 1.42 bits per heavy atom. The summed E-state index contributed by atoms with van der Waals surface area (Å²) in [5, 5.41) is 9.06. The van der Waals surface area contributed by atoms with Crippen LogP contribution in [0.1, 0.15) is 76.6 Å². The van der Waals surface area contributed by atoms with Crippen LogP contribution in [-0.2, 0) is 18.6 Å². The lowest BCUT2D eigenvalue weighted by Gasteiger charge is -2.34. The molecule has 0 spiro atoms. The number of H-pyrrole nitrogens is 2. The van der Waals surface area contributed by atoms with Gasteiger partial charge < -0.3 is 24.0 Å². The number of aliphatic hydroxyl groups excluding tert-OH is 1. The Morgan fingerprint density at radius 3 is 1.95 bits per heavy atom. The molecule has 2 aliphatic rings. The quantitative estimate of drug-likeness (QED) is 0.267. The first-order valence-electron chi connectivity index (χ1n) is 14.6. The van der Waals surface area contributed by atoms with Gasteiger partial charge in [-0.15, -0.1) is 0 Å². The number of aryl methyl sites for hydroxylation is 2. The van der Waals surface area contributed by atoms with Crippen LogP contribution in [0, 0.1) is 25.7 Å². The minimum Gasteiger partial charge on any atom is -0.393 e. The number of nitrogens with one attached hydrogen (secondary N) is 2. The highest BCUT2D eigenvalue weighted by atomic mass is 31.2. The van der Waals surface area contributed by atoms with Crippen molar-refractivity contribution in [3.05, 3.63) is 65.2 Å². The number of hydrogen-bond acceptors (Lipinski definition) is 9. The van der Waals surface area contributed by atoms with Crippen LogP contribution in [0.15, 0.2) is 31.6 Å². The molecule has 4 rings (SSSR count). The molecule has 2 heterocycles. The monoisotopic (exact) mass is 626 g/mol. The third kappa shape index (κ3) is 7.38. The third-order valence-corrected chi connectivity index (χ3v) is 10.6. The van der Waals surface area contributed by atoms with Gasteiger partial charge in [0.15, 0.2) is 5.34 Å². The van der Waals surface area contributed by atoms with Crippen molar-refractivity contribution in [2.24, 2.45) is 11.8 Å². The van der Waals surface area contributed by atoms with Gasteiger partial charge in [0.25, 0.3) is 11.1 Å². The normalized spacial score (nSPS) is 27.6. The van der Waals surface area contributed by atoms with Crippen LogP contribution in [0.4, 0.5) is 0 Å². The second-order valence-corrected chi connectivity index (χ2v) is 14.9. The molecule has 3 unspecified atom stereocenters. The molecule has 0 radical (unpaired) electrons. The summed E-state index contributed by atoms with van der Waals surface area (Å²) in [7, 11) is -4.45. The van der Waals surface area contributed by atoms with Crippen molar-refractivity contribution in [2.45, 2.75) is 103 Å². The molecule has 240 valence electrons. The largest absolute Gasteiger partial charge is 0.393 e. The second kappa shape index (κ2) is 12.8. The molecular formula is C28H43N4O10P. The van der Waals surface area contributed by atoms with Crippen molar-refractivity contribution in [3.8, 4) is 0 Å². The average Bonchev–Trinajstić information content (AvgIpc) is 3.47. The summed E-state index contributed by atoms with van der Waals surface area (Å²) >= 11 is 0. The van der Waals surface area contributed by atoms with Gasteiger partial charge >= 0.3 is 19.0 Å². The Balaban J connectivity index is 1.45. The Morgan fingerprint density at radius 1 is 0.907 bits per heavy atom. The third-order valence-electron chi connectivity index (χ3n) is 8.57. The molecule has 7 atom stereocenters. The molecule has 0 saturated heterocycles. The van der Waals surface area contributed by atoms with Gasteiger partial charge in [-0.2, -0.15) is 0 Å². The first-order chi connectivity index (χ1) is 20.0. The number of nitrogens with zero attached hydrogens (tertiary/aromatic N) is 2. The number of hydrogen-bond donors (Lipinski definition) is 4. The number of rotatable bonds is 11. The van der Waals surface area contributed by atoms with Crippen LogP contribution < -0.4 is 22.5 Å². The molecule has 2 aromatic heterocycles. The summed E-state index contributed by atoms with van der Waals surface area (Å²) in [6, 6.07) is -0.757. The summed E-state index contributed by atoms with van der Waals surface area (Å²) in [4.78, 5) is 64.3. The molecule has 14 nitrogen and oxygen atoms in total. The smallest absolute Gasteiger partial charge is 0.359 e. The summed E-state index contributed by atoms with van der Waals surface area (Å²) in [6.45, 7) is 10.0. The second-order valence-electron chi connectivity index (χ2n) is 12.6. The van der Waals surface area contributed by atoms with E-state index in [4.69, 9.17) is 14.0 Å². The van der Waals surface area contributed by atoms with E-state index < -0.39 is 53.6 Å². The van der Waals surface area contributed by atoms with Gasteiger partial charge in [0, 0.05) is 47.4 Å². The van der Waals surface area contributed by atoms with Crippen LogP contribution in [0.25, 0.3) is 0 Å². The average molecular weight is 627 g/mol. The van der Waals surface area contributed by atoms with Gasteiger partial charge in [0.2, 0.25) is 0 Å². The Bertz CT molecular complexity index is 1590. The maximum Gasteiger partial charge on any atom is 0.359 e. The van der Waals surface area contributed by atoms with Crippen molar-refractivity contribution in [1.82, 2.24) is 19.1 Å². The Kier molecular flexibility index (Phi) is 9.90. The van der Waals surface area contributed by atoms with E-state index in [0.717, 1.165) is 0 Å². The van der Waals surface area contributed by atoms with Gasteiger partial charge in [-0.3, -0.25) is 33.3 Å². The number of aromatic nitrogens is 4. The van der Waals surface area contributed by atoms with E-state index in [2.05, 4.69) is 9.97 Å². The van der Waals surface area contributed by atoms with Gasteiger partial charge in [-0.1, -0.05) is 0 Å². The lowest BCUT2D eigenvalue weighted by molar-refractivity contribution is -0.0318. The molecule has 4 N–H and O–H groups in total. The van der Waals surface area contributed by atoms with E-state index in [9.17, 15) is 33.7 Å². The van der Waals surface area contributed by atoms with Crippen molar-refractivity contribution in [1.29, 1.82) is 0 Å². The number of aliphatic hydroxyl groups is 1. The molecule has 15 heteroatoms. The van der Waals surface area contributed by atoms with E-state index >= 15 is 0 Å². The highest BCUT2D eigenvalue weighted by Crippen LogP contribution is 2.59. The summed E-state index contributed by atoms with van der Waals surface area (Å²) in [5.41, 5.74) is -1.31. The van der Waals surface area contributed by atoms with Crippen molar-refractivity contribution in [3.63, 3.8) is 0 Å². The maximum absolute atomic E-state index is 13.7. The predicted octanol–water partition coefficient (Wildman–Crippen LogP) is 1.72. The molecule has 0 aromatic carbocycles. The van der Waals surface area contributed by atoms with Crippen LogP contribution in [0.5, 0.6) is 0 Å². The number of aromatic amines is 2. The lowest BCUT2D eigenvalue weighted by atomic mass is 10.1. The zero-order chi connectivity index (χ0) is 31.9. The van der Waals surface area contributed by atoms with Crippen LogP contribution in [-0.4, -0.2) is 66.0 Å². The zero-order valence-electron chi connectivity index (χ0n) is 25.4. The fraction of sp³-hybridized carbons (Fsp3) is 0.714. The fourth-order valence-electron chi connectivity index (χ4n) is 5.80. The van der Waals surface area contributed by atoms with Crippen LogP contribution >= 0.6 is 7.60 Å². The van der Waals surface area contributed by atoms with E-state index in [1.807, 2.05) is 13.8 Å². The van der Waals surface area contributed by atoms with Crippen molar-refractivity contribution < 1.29 is 28.6 Å². The van der Waals surface area contributed by atoms with Crippen molar-refractivity contribution >= 4 is 7.60 Å². The predicted molar refractivity (Wildman–Crippen MR) is 157 cm³/mol. The molecule has 2 aliphatic carbocycles. The topological polar surface area (TPSA) is 195 Å².